The van der Waals surface area contributed by atoms with Gasteiger partial charge in [0.2, 0.25) is 0 Å². The molecule has 3 rings (SSSR count). The number of rotatable bonds is 6. The van der Waals surface area contributed by atoms with E-state index in [-0.39, 0.29) is 5.92 Å². The summed E-state index contributed by atoms with van der Waals surface area (Å²) >= 11 is 1.65. The summed E-state index contributed by atoms with van der Waals surface area (Å²) in [4.78, 5) is 0. The van der Waals surface area contributed by atoms with E-state index in [2.05, 4.69) is 21.6 Å². The molecule has 6 heteroatoms. The zero-order valence-electron chi connectivity index (χ0n) is 11.3. The molecule has 5 nitrogen and oxygen atoms in total. The number of ether oxygens (including phenoxy) is 2. The fourth-order valence-electron chi connectivity index (χ4n) is 2.22. The molecule has 1 aliphatic rings. The molecular formula is C14H17N3O2S. The summed E-state index contributed by atoms with van der Waals surface area (Å²) in [6.07, 6.45) is 0. The van der Waals surface area contributed by atoms with E-state index in [1.807, 2.05) is 18.2 Å². The third-order valence-corrected chi connectivity index (χ3v) is 4.28. The number of hydrogen-bond acceptors (Lipinski definition) is 6. The summed E-state index contributed by atoms with van der Waals surface area (Å²) in [6, 6.07) is 8.13. The van der Waals surface area contributed by atoms with E-state index in [0.717, 1.165) is 28.9 Å². The van der Waals surface area contributed by atoms with Crippen LogP contribution in [0.25, 0.3) is 0 Å². The minimum absolute atomic E-state index is 0.219. The van der Waals surface area contributed by atoms with Gasteiger partial charge in [0.15, 0.2) is 0 Å². The highest BCUT2D eigenvalue weighted by atomic mass is 32.1. The van der Waals surface area contributed by atoms with Crippen LogP contribution in [0.15, 0.2) is 24.3 Å². The van der Waals surface area contributed by atoms with Gasteiger partial charge in [-0.2, -0.15) is 0 Å². The monoisotopic (exact) mass is 291 g/mol. The number of para-hydroxylation sites is 1. The molecule has 1 N–H and O–H groups in total. The van der Waals surface area contributed by atoms with Gasteiger partial charge in [-0.1, -0.05) is 29.5 Å². The van der Waals surface area contributed by atoms with Crippen molar-refractivity contribution in [2.45, 2.75) is 12.5 Å². The predicted molar refractivity (Wildman–Crippen MR) is 77.3 cm³/mol. The number of nitrogens with zero attached hydrogens (tertiary/aromatic N) is 2. The first-order chi connectivity index (χ1) is 9.88. The molecule has 1 aromatic heterocycles. The molecule has 0 amide bonds. The van der Waals surface area contributed by atoms with Crippen molar-refractivity contribution < 1.29 is 9.47 Å². The molecule has 0 radical (unpaired) electrons. The molecule has 1 unspecified atom stereocenters. The summed E-state index contributed by atoms with van der Waals surface area (Å²) < 4.78 is 10.7. The molecule has 0 aliphatic carbocycles. The maximum Gasteiger partial charge on any atom is 0.131 e. The Morgan fingerprint density at radius 2 is 2.30 bits per heavy atom. The van der Waals surface area contributed by atoms with E-state index in [1.165, 1.54) is 5.56 Å². The molecule has 106 valence electrons. The van der Waals surface area contributed by atoms with Crippen LogP contribution in [0, 0.1) is 0 Å². The summed E-state index contributed by atoms with van der Waals surface area (Å²) in [7, 11) is 1.70. The molecule has 1 aromatic carbocycles. The molecule has 20 heavy (non-hydrogen) atoms. The first kappa shape index (κ1) is 13.5. The van der Waals surface area contributed by atoms with Gasteiger partial charge in [0.05, 0.1) is 12.5 Å². The van der Waals surface area contributed by atoms with Crippen molar-refractivity contribution in [3.63, 3.8) is 0 Å². The SMILES string of the molecule is COCCNCc1nnc(C2COc3ccccc32)s1. The Labute approximate surface area is 121 Å². The normalized spacial score (nSPS) is 16.9. The lowest BCUT2D eigenvalue weighted by Crippen LogP contribution is -2.18. The summed E-state index contributed by atoms with van der Waals surface area (Å²) in [5, 5.41) is 13.9. The predicted octanol–water partition coefficient (Wildman–Crippen LogP) is 1.80. The Hall–Kier alpha value is -1.50. The third kappa shape index (κ3) is 2.82. The van der Waals surface area contributed by atoms with E-state index in [1.54, 1.807) is 18.4 Å². The van der Waals surface area contributed by atoms with Crippen molar-refractivity contribution in [3.05, 3.63) is 39.8 Å². The standard InChI is InChI=1S/C14H17N3O2S/c1-18-7-6-15-8-13-16-17-14(20-13)11-9-19-12-5-3-2-4-10(11)12/h2-5,11,15H,6-9H2,1H3. The highest BCUT2D eigenvalue weighted by molar-refractivity contribution is 7.11. The summed E-state index contributed by atoms with van der Waals surface area (Å²) in [5.74, 6) is 1.18. The molecular weight excluding hydrogens is 274 g/mol. The Morgan fingerprint density at radius 3 is 3.20 bits per heavy atom. The maximum atomic E-state index is 5.69. The second-order valence-corrected chi connectivity index (χ2v) is 5.70. The van der Waals surface area contributed by atoms with E-state index in [4.69, 9.17) is 9.47 Å². The fourth-order valence-corrected chi connectivity index (χ4v) is 3.13. The maximum absolute atomic E-state index is 5.69. The Kier molecular flexibility index (Phi) is 4.25. The van der Waals surface area contributed by atoms with Crippen LogP contribution in [0.5, 0.6) is 5.75 Å². The van der Waals surface area contributed by atoms with Gasteiger partial charge >= 0.3 is 0 Å². The second kappa shape index (κ2) is 6.30. The molecule has 0 spiro atoms. The van der Waals surface area contributed by atoms with Gasteiger partial charge in [-0.15, -0.1) is 10.2 Å². The van der Waals surface area contributed by atoms with Crippen LogP contribution in [-0.4, -0.2) is 37.1 Å². The lowest BCUT2D eigenvalue weighted by molar-refractivity contribution is 0.199. The highest BCUT2D eigenvalue weighted by Crippen LogP contribution is 2.38. The zero-order chi connectivity index (χ0) is 13.8. The first-order valence-corrected chi connectivity index (χ1v) is 7.44. The number of hydrogen-bond donors (Lipinski definition) is 1. The minimum Gasteiger partial charge on any atom is -0.492 e. The highest BCUT2D eigenvalue weighted by Gasteiger charge is 2.28. The molecule has 0 saturated heterocycles. The lowest BCUT2D eigenvalue weighted by Gasteiger charge is -2.02. The van der Waals surface area contributed by atoms with E-state index in [9.17, 15) is 0 Å². The molecule has 1 aliphatic heterocycles. The fraction of sp³-hybridized carbons (Fsp3) is 0.429. The van der Waals surface area contributed by atoms with Gasteiger partial charge in [0.25, 0.3) is 0 Å². The first-order valence-electron chi connectivity index (χ1n) is 6.62. The van der Waals surface area contributed by atoms with Crippen molar-refractivity contribution >= 4 is 11.3 Å². The quantitative estimate of drug-likeness (QED) is 0.823. The lowest BCUT2D eigenvalue weighted by atomic mass is 10.0. The summed E-state index contributed by atoms with van der Waals surface area (Å²) in [6.45, 7) is 2.91. The molecule has 2 aromatic rings. The second-order valence-electron chi connectivity index (χ2n) is 4.61. The van der Waals surface area contributed by atoms with Crippen molar-refractivity contribution in [1.82, 2.24) is 15.5 Å². The zero-order valence-corrected chi connectivity index (χ0v) is 12.2. The average Bonchev–Trinajstić information content (AvgIpc) is 3.10. The number of methoxy groups -OCH3 is 1. The van der Waals surface area contributed by atoms with Gasteiger partial charge in [0, 0.05) is 25.8 Å². The van der Waals surface area contributed by atoms with Crippen molar-refractivity contribution in [3.8, 4) is 5.75 Å². The van der Waals surface area contributed by atoms with Gasteiger partial charge < -0.3 is 14.8 Å². The smallest absolute Gasteiger partial charge is 0.131 e. The van der Waals surface area contributed by atoms with Crippen molar-refractivity contribution in [1.29, 1.82) is 0 Å². The minimum atomic E-state index is 0.219. The molecule has 1 atom stereocenters. The molecule has 0 fully saturated rings. The van der Waals surface area contributed by atoms with Gasteiger partial charge in [-0.3, -0.25) is 0 Å². The van der Waals surface area contributed by atoms with Gasteiger partial charge in [-0.25, -0.2) is 0 Å². The molecule has 0 saturated carbocycles. The Balaban J connectivity index is 1.66. The van der Waals surface area contributed by atoms with Gasteiger partial charge in [0.1, 0.15) is 22.4 Å². The largest absolute Gasteiger partial charge is 0.492 e. The van der Waals surface area contributed by atoms with E-state index < -0.39 is 0 Å². The number of aromatic nitrogens is 2. The third-order valence-electron chi connectivity index (χ3n) is 3.24. The molecule has 0 bridgehead atoms. The Morgan fingerprint density at radius 1 is 1.40 bits per heavy atom. The summed E-state index contributed by atoms with van der Waals surface area (Å²) in [5.41, 5.74) is 1.21. The van der Waals surface area contributed by atoms with Crippen LogP contribution < -0.4 is 10.1 Å². The Bertz CT molecular complexity index is 573. The van der Waals surface area contributed by atoms with E-state index >= 15 is 0 Å². The van der Waals surface area contributed by atoms with Crippen molar-refractivity contribution in [2.24, 2.45) is 0 Å². The van der Waals surface area contributed by atoms with Gasteiger partial charge in [-0.05, 0) is 6.07 Å². The van der Waals surface area contributed by atoms with Crippen LogP contribution in [0.4, 0.5) is 0 Å². The van der Waals surface area contributed by atoms with Crippen LogP contribution in [0.1, 0.15) is 21.5 Å². The topological polar surface area (TPSA) is 56.3 Å². The van der Waals surface area contributed by atoms with Crippen LogP contribution >= 0.6 is 11.3 Å². The molecule has 2 heterocycles. The van der Waals surface area contributed by atoms with Crippen LogP contribution in [0.3, 0.4) is 0 Å². The number of benzene rings is 1. The average molecular weight is 291 g/mol. The number of nitrogens with one attached hydrogen (secondary N) is 1. The van der Waals surface area contributed by atoms with Crippen LogP contribution in [0.2, 0.25) is 0 Å². The number of fused-ring (bicyclic) bond motifs is 1. The van der Waals surface area contributed by atoms with E-state index in [0.29, 0.717) is 13.2 Å². The van der Waals surface area contributed by atoms with Crippen LogP contribution in [-0.2, 0) is 11.3 Å². The van der Waals surface area contributed by atoms with Crippen molar-refractivity contribution in [2.75, 3.05) is 26.9 Å².